The number of ether oxygens (including phenoxy) is 2. The van der Waals surface area contributed by atoms with Gasteiger partial charge < -0.3 is 9.47 Å². The van der Waals surface area contributed by atoms with Crippen LogP contribution in [0.25, 0.3) is 0 Å². The maximum Gasteiger partial charge on any atom is 0.310 e. The van der Waals surface area contributed by atoms with Gasteiger partial charge in [0.05, 0.1) is 5.92 Å². The van der Waals surface area contributed by atoms with Gasteiger partial charge in [0.2, 0.25) is 0 Å². The lowest BCUT2D eigenvalue weighted by molar-refractivity contribution is -0.150. The molecule has 2 aromatic rings. The van der Waals surface area contributed by atoms with Gasteiger partial charge in [-0.1, -0.05) is 96.4 Å². The van der Waals surface area contributed by atoms with Crippen LogP contribution >= 0.6 is 0 Å². The minimum Gasteiger partial charge on any atom is -0.461 e. The van der Waals surface area contributed by atoms with Gasteiger partial charge in [0.1, 0.15) is 18.1 Å². The van der Waals surface area contributed by atoms with Crippen LogP contribution in [0.4, 0.5) is 0 Å². The van der Waals surface area contributed by atoms with Crippen LogP contribution < -0.4 is 4.74 Å². The van der Waals surface area contributed by atoms with Crippen LogP contribution in [0.1, 0.15) is 99.5 Å². The lowest BCUT2D eigenvalue weighted by Gasteiger charge is -2.51. The molecule has 0 bridgehead atoms. The Bertz CT molecular complexity index is 1240. The Morgan fingerprint density at radius 1 is 0.818 bits per heavy atom. The first-order valence-electron chi connectivity index (χ1n) is 17.7. The smallest absolute Gasteiger partial charge is 0.310 e. The summed E-state index contributed by atoms with van der Waals surface area (Å²) >= 11 is 0. The van der Waals surface area contributed by atoms with Crippen molar-refractivity contribution in [1.29, 1.82) is 0 Å². The van der Waals surface area contributed by atoms with Crippen LogP contribution in [0.2, 0.25) is 0 Å². The van der Waals surface area contributed by atoms with Crippen LogP contribution in [0.5, 0.6) is 11.5 Å². The molecule has 5 rings (SSSR count). The van der Waals surface area contributed by atoms with Crippen molar-refractivity contribution in [1.82, 2.24) is 0 Å². The summed E-state index contributed by atoms with van der Waals surface area (Å²) in [5.41, 5.74) is 2.28. The van der Waals surface area contributed by atoms with Crippen molar-refractivity contribution in [3.8, 4) is 11.5 Å². The second-order valence-corrected chi connectivity index (χ2v) is 15.8. The molecule has 0 N–H and O–H groups in total. The lowest BCUT2D eigenvalue weighted by atomic mass is 9.54. The number of para-hydroxylation sites is 1. The van der Waals surface area contributed by atoms with Gasteiger partial charge in [-0.25, -0.2) is 0 Å². The third kappa shape index (κ3) is 6.82. The summed E-state index contributed by atoms with van der Waals surface area (Å²) < 4.78 is 12.4. The number of rotatable bonds is 10. The molecule has 0 amide bonds. The standard InChI is InChI=1S/C41H58O3/c1-26(2)21-38-39(40(42)43-25-31-13-12-16-33(24-31)44-32-14-10-9-11-15-32)41(38,36-22-29(7)17-19-34(36)27(3)4)37-23-30(8)18-20-35(37)28(5)6/h9-16,21,24,27-30,34-39H,17-20,22-23,25H2,1-8H3. The molecular weight excluding hydrogens is 540 g/mol. The minimum absolute atomic E-state index is 0.0140. The molecule has 240 valence electrons. The van der Waals surface area contributed by atoms with E-state index in [0.29, 0.717) is 47.3 Å². The number of carbonyl (C=O) groups excluding carboxylic acids is 1. The van der Waals surface area contributed by atoms with E-state index in [1.807, 2.05) is 54.6 Å². The zero-order valence-corrected chi connectivity index (χ0v) is 28.7. The maximum atomic E-state index is 14.5. The van der Waals surface area contributed by atoms with Crippen molar-refractivity contribution in [2.45, 2.75) is 101 Å². The summed E-state index contributed by atoms with van der Waals surface area (Å²) in [5.74, 6) is 6.90. The van der Waals surface area contributed by atoms with E-state index in [4.69, 9.17) is 9.47 Å². The summed E-state index contributed by atoms with van der Waals surface area (Å²) in [6, 6.07) is 17.8. The number of benzene rings is 2. The number of hydrogen-bond acceptors (Lipinski definition) is 3. The van der Waals surface area contributed by atoms with E-state index in [0.717, 1.165) is 17.1 Å². The number of carbonyl (C=O) groups is 1. The Balaban J connectivity index is 1.48. The minimum atomic E-state index is -0.0609. The van der Waals surface area contributed by atoms with Crippen molar-refractivity contribution in [3.63, 3.8) is 0 Å². The van der Waals surface area contributed by atoms with Crippen LogP contribution in [0.15, 0.2) is 66.2 Å². The molecular formula is C41H58O3. The van der Waals surface area contributed by atoms with Crippen LogP contribution in [0, 0.1) is 64.6 Å². The molecule has 0 aliphatic heterocycles. The Kier molecular flexibility index (Phi) is 10.3. The van der Waals surface area contributed by atoms with E-state index >= 15 is 0 Å². The molecule has 3 heteroatoms. The third-order valence-corrected chi connectivity index (χ3v) is 11.7. The van der Waals surface area contributed by atoms with Crippen LogP contribution in [-0.2, 0) is 16.1 Å². The van der Waals surface area contributed by atoms with Gasteiger partial charge in [-0.15, -0.1) is 0 Å². The second kappa shape index (κ2) is 13.8. The van der Waals surface area contributed by atoms with E-state index in [9.17, 15) is 4.79 Å². The summed E-state index contributed by atoms with van der Waals surface area (Å²) in [4.78, 5) is 14.5. The van der Waals surface area contributed by atoms with Crippen molar-refractivity contribution in [2.24, 2.45) is 64.6 Å². The van der Waals surface area contributed by atoms with Gasteiger partial charge >= 0.3 is 5.97 Å². The molecule has 44 heavy (non-hydrogen) atoms. The van der Waals surface area contributed by atoms with Gasteiger partial charge in [-0.05, 0) is 128 Å². The van der Waals surface area contributed by atoms with Gasteiger partial charge in [0, 0.05) is 0 Å². The Hall–Kier alpha value is -2.55. The van der Waals surface area contributed by atoms with E-state index in [1.165, 1.54) is 44.1 Å². The predicted octanol–water partition coefficient (Wildman–Crippen LogP) is 11.1. The largest absolute Gasteiger partial charge is 0.461 e. The molecule has 3 aliphatic rings. The van der Waals surface area contributed by atoms with Crippen molar-refractivity contribution >= 4 is 5.97 Å². The van der Waals surface area contributed by atoms with E-state index < -0.39 is 0 Å². The topological polar surface area (TPSA) is 35.5 Å². The quantitative estimate of drug-likeness (QED) is 0.202. The van der Waals surface area contributed by atoms with Crippen LogP contribution in [0.3, 0.4) is 0 Å². The fourth-order valence-corrected chi connectivity index (χ4v) is 9.76. The molecule has 8 unspecified atom stereocenters. The molecule has 0 heterocycles. The van der Waals surface area contributed by atoms with Crippen molar-refractivity contribution in [2.75, 3.05) is 0 Å². The third-order valence-electron chi connectivity index (χ3n) is 11.7. The Morgan fingerprint density at radius 3 is 1.93 bits per heavy atom. The SMILES string of the molecule is CC(C)=CC1C(C(=O)OCc2cccc(Oc3ccccc3)c2)C1(C1CC(C)CCC1C(C)C)C1CC(C)CCC1C(C)C. The van der Waals surface area contributed by atoms with Crippen molar-refractivity contribution < 1.29 is 14.3 Å². The Labute approximate surface area is 268 Å². The monoisotopic (exact) mass is 598 g/mol. The molecule has 0 saturated heterocycles. The fraction of sp³-hybridized carbons (Fsp3) is 0.634. The number of allylic oxidation sites excluding steroid dienone is 2. The van der Waals surface area contributed by atoms with Crippen LogP contribution in [-0.4, -0.2) is 5.97 Å². The molecule has 8 atom stereocenters. The zero-order valence-electron chi connectivity index (χ0n) is 28.7. The normalized spacial score (nSPS) is 33.6. The molecule has 0 spiro atoms. The fourth-order valence-electron chi connectivity index (χ4n) is 9.76. The van der Waals surface area contributed by atoms with Gasteiger partial charge in [0.25, 0.3) is 0 Å². The summed E-state index contributed by atoms with van der Waals surface area (Å²) in [7, 11) is 0. The number of hydrogen-bond donors (Lipinski definition) is 0. The predicted molar refractivity (Wildman–Crippen MR) is 181 cm³/mol. The first-order chi connectivity index (χ1) is 21.0. The maximum absolute atomic E-state index is 14.5. The molecule has 3 saturated carbocycles. The van der Waals surface area contributed by atoms with Gasteiger partial charge in [-0.3, -0.25) is 4.79 Å². The molecule has 0 aromatic heterocycles. The molecule has 3 aliphatic carbocycles. The van der Waals surface area contributed by atoms with Gasteiger partial charge in [0.15, 0.2) is 0 Å². The summed E-state index contributed by atoms with van der Waals surface area (Å²) in [6.07, 6.45) is 10.2. The number of esters is 1. The molecule has 2 aromatic carbocycles. The first-order valence-corrected chi connectivity index (χ1v) is 17.7. The second-order valence-electron chi connectivity index (χ2n) is 15.8. The average molecular weight is 599 g/mol. The lowest BCUT2D eigenvalue weighted by Crippen LogP contribution is -2.45. The molecule has 3 fully saturated rings. The molecule has 0 radical (unpaired) electrons. The zero-order chi connectivity index (χ0) is 31.6. The van der Waals surface area contributed by atoms with E-state index in [1.54, 1.807) is 0 Å². The highest BCUT2D eigenvalue weighted by molar-refractivity contribution is 5.79. The average Bonchev–Trinajstić information content (AvgIpc) is 3.64. The van der Waals surface area contributed by atoms with Gasteiger partial charge in [-0.2, -0.15) is 0 Å². The Morgan fingerprint density at radius 2 is 1.39 bits per heavy atom. The van der Waals surface area contributed by atoms with E-state index in [-0.39, 0.29) is 29.8 Å². The van der Waals surface area contributed by atoms with Crippen molar-refractivity contribution in [3.05, 3.63) is 71.8 Å². The molecule has 3 nitrogen and oxygen atoms in total. The highest BCUT2D eigenvalue weighted by Gasteiger charge is 2.75. The summed E-state index contributed by atoms with van der Waals surface area (Å²) in [6.45, 7) is 19.4. The highest BCUT2D eigenvalue weighted by atomic mass is 16.5. The highest BCUT2D eigenvalue weighted by Crippen LogP contribution is 2.75. The summed E-state index contributed by atoms with van der Waals surface area (Å²) in [5, 5.41) is 0. The van der Waals surface area contributed by atoms with E-state index in [2.05, 4.69) is 61.5 Å². The first kappa shape index (κ1) is 32.8.